The number of hydrogen-bond acceptors (Lipinski definition) is 4. The fourth-order valence-corrected chi connectivity index (χ4v) is 4.96. The Balaban J connectivity index is 1.78. The summed E-state index contributed by atoms with van der Waals surface area (Å²) in [5, 5.41) is 12.1. The van der Waals surface area contributed by atoms with E-state index in [4.69, 9.17) is 4.98 Å². The predicted octanol–water partition coefficient (Wildman–Crippen LogP) is 8.08. The normalized spacial score (nSPS) is 11.3. The molecule has 0 radical (unpaired) electrons. The maximum Gasteiger partial charge on any atom is 0.123 e. The van der Waals surface area contributed by atoms with Gasteiger partial charge in [0.05, 0.1) is 21.8 Å². The van der Waals surface area contributed by atoms with Gasteiger partial charge in [0, 0.05) is 16.2 Å². The van der Waals surface area contributed by atoms with Gasteiger partial charge in [-0.15, -0.1) is 23.1 Å². The third-order valence-corrected chi connectivity index (χ3v) is 7.15. The van der Waals surface area contributed by atoms with E-state index in [0.717, 1.165) is 32.3 Å². The minimum absolute atomic E-state index is 0.0634. The molecule has 0 N–H and O–H groups in total. The molecule has 4 aromatic rings. The summed E-state index contributed by atoms with van der Waals surface area (Å²) in [6.45, 7) is 6.57. The first kappa shape index (κ1) is 22.3. The molecular formula is C27H23FN2S2. The van der Waals surface area contributed by atoms with Crippen LogP contribution in [0.5, 0.6) is 0 Å². The van der Waals surface area contributed by atoms with E-state index in [1.165, 1.54) is 17.7 Å². The van der Waals surface area contributed by atoms with E-state index in [-0.39, 0.29) is 11.2 Å². The second-order valence-corrected chi connectivity index (χ2v) is 10.5. The van der Waals surface area contributed by atoms with Crippen LogP contribution in [0.3, 0.4) is 0 Å². The van der Waals surface area contributed by atoms with Crippen LogP contribution in [0.25, 0.3) is 21.7 Å². The van der Waals surface area contributed by atoms with E-state index in [9.17, 15) is 9.65 Å². The summed E-state index contributed by atoms with van der Waals surface area (Å²) >= 11 is 3.18. The van der Waals surface area contributed by atoms with Crippen molar-refractivity contribution in [1.82, 2.24) is 4.98 Å². The molecule has 0 aliphatic heterocycles. The molecule has 160 valence electrons. The highest BCUT2D eigenvalue weighted by Gasteiger charge is 2.18. The van der Waals surface area contributed by atoms with Gasteiger partial charge < -0.3 is 0 Å². The molecular weight excluding hydrogens is 435 g/mol. The van der Waals surface area contributed by atoms with Gasteiger partial charge in [0.1, 0.15) is 11.9 Å². The van der Waals surface area contributed by atoms with Gasteiger partial charge in [-0.25, -0.2) is 9.37 Å². The first-order chi connectivity index (χ1) is 15.3. The molecule has 32 heavy (non-hydrogen) atoms. The Morgan fingerprint density at radius 2 is 1.75 bits per heavy atom. The molecule has 0 aliphatic carbocycles. The Morgan fingerprint density at radius 3 is 2.34 bits per heavy atom. The second kappa shape index (κ2) is 9.28. The Kier molecular flexibility index (Phi) is 6.45. The minimum Gasteiger partial charge on any atom is -0.250 e. The zero-order valence-corrected chi connectivity index (χ0v) is 19.9. The smallest absolute Gasteiger partial charge is 0.123 e. The van der Waals surface area contributed by atoms with Crippen molar-refractivity contribution in [2.24, 2.45) is 0 Å². The lowest BCUT2D eigenvalue weighted by Gasteiger charge is -2.19. The molecule has 0 fully saturated rings. The quantitative estimate of drug-likeness (QED) is 0.284. The van der Waals surface area contributed by atoms with Crippen molar-refractivity contribution in [2.75, 3.05) is 0 Å². The molecule has 0 bridgehead atoms. The SMILES string of the molecule is CC(C)(C)c1ccc(-c2cc(-c3cccs3)nc(CSc3ccc(F)cc3)c2C#N)cc1. The molecule has 2 heterocycles. The number of nitriles is 1. The molecule has 5 heteroatoms. The van der Waals surface area contributed by atoms with E-state index in [2.05, 4.69) is 51.1 Å². The molecule has 0 aliphatic rings. The van der Waals surface area contributed by atoms with Crippen LogP contribution in [-0.2, 0) is 11.2 Å². The number of pyridine rings is 1. The van der Waals surface area contributed by atoms with Crippen LogP contribution in [0, 0.1) is 17.1 Å². The van der Waals surface area contributed by atoms with Crippen LogP contribution in [0.4, 0.5) is 4.39 Å². The zero-order chi connectivity index (χ0) is 22.7. The lowest BCUT2D eigenvalue weighted by molar-refractivity contribution is 0.590. The average Bonchev–Trinajstić information content (AvgIpc) is 3.32. The molecule has 0 amide bonds. The maximum atomic E-state index is 13.3. The number of aromatic nitrogens is 1. The molecule has 0 saturated carbocycles. The number of hydrogen-bond donors (Lipinski definition) is 0. The van der Waals surface area contributed by atoms with Crippen molar-refractivity contribution in [3.63, 3.8) is 0 Å². The minimum atomic E-state index is -0.258. The van der Waals surface area contributed by atoms with Crippen molar-refractivity contribution in [1.29, 1.82) is 5.26 Å². The summed E-state index contributed by atoms with van der Waals surface area (Å²) in [6.07, 6.45) is 0. The first-order valence-corrected chi connectivity index (χ1v) is 12.2. The Bertz CT molecular complexity index is 1250. The monoisotopic (exact) mass is 458 g/mol. The standard InChI is InChI=1S/C27H23FN2S2/c1-27(2,3)19-8-6-18(7-9-19)22-15-24(26-5-4-14-31-26)30-25(23(22)16-29)17-32-21-12-10-20(28)11-13-21/h4-15H,17H2,1-3H3. The number of halogens is 1. The maximum absolute atomic E-state index is 13.3. The fourth-order valence-electron chi connectivity index (χ4n) is 3.44. The average molecular weight is 459 g/mol. The molecule has 0 atom stereocenters. The zero-order valence-electron chi connectivity index (χ0n) is 18.2. The highest BCUT2D eigenvalue weighted by molar-refractivity contribution is 7.98. The largest absolute Gasteiger partial charge is 0.250 e. The van der Waals surface area contributed by atoms with E-state index in [0.29, 0.717) is 11.3 Å². The summed E-state index contributed by atoms with van der Waals surface area (Å²) in [6, 6.07) is 23.3. The molecule has 0 spiro atoms. The van der Waals surface area contributed by atoms with Crippen molar-refractivity contribution >= 4 is 23.1 Å². The van der Waals surface area contributed by atoms with Crippen LogP contribution in [0.2, 0.25) is 0 Å². The van der Waals surface area contributed by atoms with E-state index in [1.807, 2.05) is 23.6 Å². The highest BCUT2D eigenvalue weighted by Crippen LogP contribution is 2.35. The molecule has 4 rings (SSSR count). The first-order valence-electron chi connectivity index (χ1n) is 10.3. The van der Waals surface area contributed by atoms with Gasteiger partial charge in [-0.05, 0) is 58.3 Å². The van der Waals surface area contributed by atoms with Crippen LogP contribution in [-0.4, -0.2) is 4.98 Å². The van der Waals surface area contributed by atoms with E-state index in [1.54, 1.807) is 35.2 Å². The van der Waals surface area contributed by atoms with E-state index >= 15 is 0 Å². The Labute approximate surface area is 196 Å². The molecule has 0 saturated heterocycles. The number of rotatable bonds is 5. The van der Waals surface area contributed by atoms with Crippen molar-refractivity contribution in [3.05, 3.63) is 94.7 Å². The number of benzene rings is 2. The van der Waals surface area contributed by atoms with Crippen LogP contribution in [0.1, 0.15) is 37.6 Å². The summed E-state index contributed by atoms with van der Waals surface area (Å²) in [4.78, 5) is 6.86. The lowest BCUT2D eigenvalue weighted by Crippen LogP contribution is -2.10. The van der Waals surface area contributed by atoms with Crippen LogP contribution >= 0.6 is 23.1 Å². The Morgan fingerprint density at radius 1 is 1.03 bits per heavy atom. The van der Waals surface area contributed by atoms with Gasteiger partial charge in [-0.2, -0.15) is 5.26 Å². The van der Waals surface area contributed by atoms with Crippen molar-refractivity contribution in [3.8, 4) is 27.8 Å². The van der Waals surface area contributed by atoms with Gasteiger partial charge in [0.25, 0.3) is 0 Å². The molecule has 2 aromatic carbocycles. The predicted molar refractivity (Wildman–Crippen MR) is 132 cm³/mol. The van der Waals surface area contributed by atoms with Crippen molar-refractivity contribution in [2.45, 2.75) is 36.8 Å². The summed E-state index contributed by atoms with van der Waals surface area (Å²) in [5.41, 5.74) is 5.39. The number of thiophene rings is 1. The Hall–Kier alpha value is -2.94. The third kappa shape index (κ3) is 4.93. The van der Waals surface area contributed by atoms with Gasteiger partial charge in [-0.1, -0.05) is 51.1 Å². The molecule has 2 nitrogen and oxygen atoms in total. The second-order valence-electron chi connectivity index (χ2n) is 8.54. The fraction of sp³-hybridized carbons (Fsp3) is 0.185. The van der Waals surface area contributed by atoms with Gasteiger partial charge in [0.15, 0.2) is 0 Å². The third-order valence-electron chi connectivity index (χ3n) is 5.23. The highest BCUT2D eigenvalue weighted by atomic mass is 32.2. The summed E-state index contributed by atoms with van der Waals surface area (Å²) in [7, 11) is 0. The topological polar surface area (TPSA) is 36.7 Å². The van der Waals surface area contributed by atoms with Gasteiger partial charge >= 0.3 is 0 Å². The summed E-state index contributed by atoms with van der Waals surface area (Å²) < 4.78 is 13.3. The van der Waals surface area contributed by atoms with Gasteiger partial charge in [-0.3, -0.25) is 0 Å². The van der Waals surface area contributed by atoms with Crippen LogP contribution < -0.4 is 0 Å². The molecule has 2 aromatic heterocycles. The number of thioether (sulfide) groups is 1. The number of nitrogens with zero attached hydrogens (tertiary/aromatic N) is 2. The lowest BCUT2D eigenvalue weighted by atomic mass is 9.86. The van der Waals surface area contributed by atoms with Crippen LogP contribution in [0.15, 0.2) is 77.0 Å². The van der Waals surface area contributed by atoms with Gasteiger partial charge in [0.2, 0.25) is 0 Å². The summed E-state index contributed by atoms with van der Waals surface area (Å²) in [5.74, 6) is 0.270. The van der Waals surface area contributed by atoms with E-state index < -0.39 is 0 Å². The molecule has 0 unspecified atom stereocenters. The van der Waals surface area contributed by atoms with Crippen molar-refractivity contribution < 1.29 is 4.39 Å².